The second kappa shape index (κ2) is 7.13. The molecule has 2 unspecified atom stereocenters. The van der Waals surface area contributed by atoms with Crippen LogP contribution in [0.15, 0.2) is 47.8 Å². The van der Waals surface area contributed by atoms with Gasteiger partial charge >= 0.3 is 5.97 Å². The molecule has 5 heteroatoms. The lowest BCUT2D eigenvalue weighted by molar-refractivity contribution is -0.144. The van der Waals surface area contributed by atoms with Gasteiger partial charge in [0.05, 0.1) is 13.7 Å². The molecular weight excluding hydrogens is 318 g/mol. The highest BCUT2D eigenvalue weighted by Crippen LogP contribution is 2.44. The number of hydrogen-bond donors (Lipinski definition) is 1. The maximum Gasteiger partial charge on any atom is 0.315 e. The summed E-state index contributed by atoms with van der Waals surface area (Å²) in [6, 6.07) is 7.56. The summed E-state index contributed by atoms with van der Waals surface area (Å²) >= 11 is 0. The van der Waals surface area contributed by atoms with E-state index in [-0.39, 0.29) is 17.7 Å². The summed E-state index contributed by atoms with van der Waals surface area (Å²) in [5.74, 6) is -0.531. The lowest BCUT2D eigenvalue weighted by Crippen LogP contribution is -2.40. The van der Waals surface area contributed by atoms with Gasteiger partial charge in [0.15, 0.2) is 5.78 Å². The van der Waals surface area contributed by atoms with Crippen LogP contribution >= 0.6 is 0 Å². The van der Waals surface area contributed by atoms with Gasteiger partial charge < -0.3 is 14.8 Å². The highest BCUT2D eigenvalue weighted by Gasteiger charge is 2.43. The number of rotatable bonds is 4. The quantitative estimate of drug-likeness (QED) is 0.853. The predicted molar refractivity (Wildman–Crippen MR) is 94.0 cm³/mol. The molecule has 3 rings (SSSR count). The number of Topliss-reactive ketones (excluding diaryl/α,β-unsaturated/α-hetero) is 1. The molecule has 0 spiro atoms. The van der Waals surface area contributed by atoms with Crippen molar-refractivity contribution in [3.8, 4) is 5.75 Å². The SMILES string of the molecule is C=C1NC2=C(C(=O)CCC2)C(c2ccc(OCC)cc2)C1C(=O)OC. The van der Waals surface area contributed by atoms with Crippen molar-refractivity contribution in [1.82, 2.24) is 5.32 Å². The van der Waals surface area contributed by atoms with Crippen molar-refractivity contribution in [2.45, 2.75) is 32.1 Å². The molecule has 1 N–H and O–H groups in total. The van der Waals surface area contributed by atoms with Crippen LogP contribution in [-0.4, -0.2) is 25.5 Å². The molecule has 0 saturated heterocycles. The molecule has 1 heterocycles. The van der Waals surface area contributed by atoms with Crippen LogP contribution < -0.4 is 10.1 Å². The number of allylic oxidation sites excluding steroid dienone is 2. The van der Waals surface area contributed by atoms with E-state index in [4.69, 9.17) is 9.47 Å². The summed E-state index contributed by atoms with van der Waals surface area (Å²) in [6.07, 6.45) is 2.12. The first-order valence-corrected chi connectivity index (χ1v) is 8.59. The third-order valence-electron chi connectivity index (χ3n) is 4.79. The maximum atomic E-state index is 12.6. The van der Waals surface area contributed by atoms with Crippen LogP contribution in [-0.2, 0) is 14.3 Å². The second-order valence-corrected chi connectivity index (χ2v) is 6.30. The van der Waals surface area contributed by atoms with Crippen LogP contribution in [0.3, 0.4) is 0 Å². The Labute approximate surface area is 147 Å². The lowest BCUT2D eigenvalue weighted by Gasteiger charge is -2.38. The van der Waals surface area contributed by atoms with Gasteiger partial charge in [-0.2, -0.15) is 0 Å². The molecule has 25 heavy (non-hydrogen) atoms. The summed E-state index contributed by atoms with van der Waals surface area (Å²) in [5.41, 5.74) is 3.06. The Morgan fingerprint density at radius 2 is 2.00 bits per heavy atom. The molecule has 2 atom stereocenters. The number of benzene rings is 1. The fourth-order valence-corrected chi connectivity index (χ4v) is 3.70. The van der Waals surface area contributed by atoms with Gasteiger partial charge in [-0.25, -0.2) is 0 Å². The predicted octanol–water partition coefficient (Wildman–Crippen LogP) is 3.08. The monoisotopic (exact) mass is 341 g/mol. The molecule has 1 aromatic rings. The Balaban J connectivity index is 2.09. The number of nitrogens with one attached hydrogen (secondary N) is 1. The fraction of sp³-hybridized carbons (Fsp3) is 0.400. The van der Waals surface area contributed by atoms with Gasteiger partial charge in [0.25, 0.3) is 0 Å². The van der Waals surface area contributed by atoms with Gasteiger partial charge in [-0.3, -0.25) is 9.59 Å². The van der Waals surface area contributed by atoms with Gasteiger partial charge in [-0.1, -0.05) is 18.7 Å². The second-order valence-electron chi connectivity index (χ2n) is 6.30. The van der Waals surface area contributed by atoms with Crippen LogP contribution in [0.25, 0.3) is 0 Å². The molecule has 1 aromatic carbocycles. The van der Waals surface area contributed by atoms with Gasteiger partial charge in [0, 0.05) is 29.3 Å². The molecule has 0 radical (unpaired) electrons. The van der Waals surface area contributed by atoms with Crippen molar-refractivity contribution < 1.29 is 19.1 Å². The molecule has 1 aliphatic heterocycles. The van der Waals surface area contributed by atoms with E-state index >= 15 is 0 Å². The number of ketones is 1. The van der Waals surface area contributed by atoms with E-state index in [0.29, 0.717) is 24.3 Å². The minimum Gasteiger partial charge on any atom is -0.494 e. The topological polar surface area (TPSA) is 64.6 Å². The third kappa shape index (κ3) is 3.18. The van der Waals surface area contributed by atoms with E-state index in [9.17, 15) is 9.59 Å². The molecule has 0 bridgehead atoms. The number of ether oxygens (including phenoxy) is 2. The van der Waals surface area contributed by atoms with E-state index in [1.807, 2.05) is 31.2 Å². The van der Waals surface area contributed by atoms with E-state index in [1.54, 1.807) is 0 Å². The first-order chi connectivity index (χ1) is 12.1. The zero-order valence-electron chi connectivity index (χ0n) is 14.6. The first-order valence-electron chi connectivity index (χ1n) is 8.59. The van der Waals surface area contributed by atoms with Crippen molar-refractivity contribution in [3.05, 3.63) is 53.4 Å². The Kier molecular flexibility index (Phi) is 4.93. The lowest BCUT2D eigenvalue weighted by atomic mass is 9.71. The molecule has 0 aromatic heterocycles. The number of methoxy groups -OCH3 is 1. The van der Waals surface area contributed by atoms with E-state index in [1.165, 1.54) is 7.11 Å². The molecule has 5 nitrogen and oxygen atoms in total. The summed E-state index contributed by atoms with van der Waals surface area (Å²) in [4.78, 5) is 25.1. The highest BCUT2D eigenvalue weighted by atomic mass is 16.5. The summed E-state index contributed by atoms with van der Waals surface area (Å²) in [6.45, 7) is 6.53. The summed E-state index contributed by atoms with van der Waals surface area (Å²) in [7, 11) is 1.36. The normalized spacial score (nSPS) is 23.0. The van der Waals surface area contributed by atoms with Crippen molar-refractivity contribution in [1.29, 1.82) is 0 Å². The van der Waals surface area contributed by atoms with Crippen LogP contribution in [0.1, 0.15) is 37.7 Å². The van der Waals surface area contributed by atoms with E-state index < -0.39 is 5.92 Å². The number of carbonyl (C=O) groups is 2. The smallest absolute Gasteiger partial charge is 0.315 e. The third-order valence-corrected chi connectivity index (χ3v) is 4.79. The minimum atomic E-state index is -0.622. The zero-order valence-corrected chi connectivity index (χ0v) is 14.6. The molecule has 0 saturated carbocycles. The minimum absolute atomic E-state index is 0.0917. The van der Waals surface area contributed by atoms with E-state index in [2.05, 4.69) is 11.9 Å². The van der Waals surface area contributed by atoms with Crippen molar-refractivity contribution in [2.24, 2.45) is 5.92 Å². The first kappa shape index (κ1) is 17.3. The fourth-order valence-electron chi connectivity index (χ4n) is 3.70. The van der Waals surface area contributed by atoms with Crippen molar-refractivity contribution in [3.63, 3.8) is 0 Å². The van der Waals surface area contributed by atoms with Crippen LogP contribution in [0.5, 0.6) is 5.75 Å². The van der Waals surface area contributed by atoms with Crippen LogP contribution in [0, 0.1) is 5.92 Å². The zero-order chi connectivity index (χ0) is 18.0. The van der Waals surface area contributed by atoms with Crippen molar-refractivity contribution in [2.75, 3.05) is 13.7 Å². The van der Waals surface area contributed by atoms with Gasteiger partial charge in [-0.05, 0) is 37.5 Å². The number of hydrogen-bond acceptors (Lipinski definition) is 5. The van der Waals surface area contributed by atoms with Crippen LogP contribution in [0.4, 0.5) is 0 Å². The Morgan fingerprint density at radius 3 is 2.64 bits per heavy atom. The van der Waals surface area contributed by atoms with Gasteiger partial charge in [0.1, 0.15) is 11.7 Å². The van der Waals surface area contributed by atoms with Crippen molar-refractivity contribution >= 4 is 11.8 Å². The average Bonchev–Trinajstić information content (AvgIpc) is 2.61. The molecule has 132 valence electrons. The number of esters is 1. The Morgan fingerprint density at radius 1 is 1.28 bits per heavy atom. The highest BCUT2D eigenvalue weighted by molar-refractivity contribution is 6.00. The van der Waals surface area contributed by atoms with Gasteiger partial charge in [-0.15, -0.1) is 0 Å². The Hall–Kier alpha value is -2.56. The average molecular weight is 341 g/mol. The molecular formula is C20H23NO4. The molecule has 2 aliphatic rings. The molecule has 0 fully saturated rings. The largest absolute Gasteiger partial charge is 0.494 e. The molecule has 1 aliphatic carbocycles. The Bertz CT molecular complexity index is 733. The molecule has 0 amide bonds. The van der Waals surface area contributed by atoms with Gasteiger partial charge in [0.2, 0.25) is 0 Å². The summed E-state index contributed by atoms with van der Waals surface area (Å²) in [5, 5.41) is 3.18. The van der Waals surface area contributed by atoms with Crippen LogP contribution in [0.2, 0.25) is 0 Å². The number of carbonyl (C=O) groups excluding carboxylic acids is 2. The maximum absolute atomic E-state index is 12.6. The standard InChI is InChI=1S/C20H23NO4/c1-4-25-14-10-8-13(9-11-14)18-17(20(23)24-3)12(2)21-15-6-5-7-16(22)19(15)18/h8-11,17-18,21H,2,4-7H2,1,3H3. The van der Waals surface area contributed by atoms with E-state index in [0.717, 1.165) is 29.9 Å². The summed E-state index contributed by atoms with van der Waals surface area (Å²) < 4.78 is 10.5.